The highest BCUT2D eigenvalue weighted by Crippen LogP contribution is 2.24. The average molecular weight is 458 g/mol. The number of ketones is 1. The second-order valence-corrected chi connectivity index (χ2v) is 7.37. The Labute approximate surface area is 177 Å². The van der Waals surface area contributed by atoms with Crippen molar-refractivity contribution in [1.82, 2.24) is 0 Å². The van der Waals surface area contributed by atoms with E-state index in [4.69, 9.17) is 21.1 Å². The molecule has 28 heavy (non-hydrogen) atoms. The average Bonchev–Trinajstić information content (AvgIpc) is 2.72. The summed E-state index contributed by atoms with van der Waals surface area (Å²) < 4.78 is 12.2. The quantitative estimate of drug-likeness (QED) is 0.297. The fourth-order valence-electron chi connectivity index (χ4n) is 2.59. The number of carbonyl (C=O) groups is 1. The number of ether oxygens (including phenoxy) is 2. The van der Waals surface area contributed by atoms with Gasteiger partial charge in [0, 0.05) is 20.6 Å². The molecule has 0 aliphatic rings. The predicted molar refractivity (Wildman–Crippen MR) is 116 cm³/mol. The molecule has 0 aliphatic heterocycles. The minimum atomic E-state index is -0.0534. The second-order valence-electron chi connectivity index (χ2n) is 6.02. The van der Waals surface area contributed by atoms with Gasteiger partial charge in [-0.1, -0.05) is 39.7 Å². The Kier molecular flexibility index (Phi) is 6.90. The molecule has 0 radical (unpaired) electrons. The number of hydrogen-bond donors (Lipinski definition) is 0. The molecule has 0 unspecified atom stereocenters. The van der Waals surface area contributed by atoms with Crippen molar-refractivity contribution in [2.24, 2.45) is 0 Å². The van der Waals surface area contributed by atoms with Gasteiger partial charge in [-0.05, 0) is 72.3 Å². The molecule has 142 valence electrons. The molecule has 0 spiro atoms. The highest BCUT2D eigenvalue weighted by atomic mass is 79.9. The van der Waals surface area contributed by atoms with Crippen LogP contribution in [0.4, 0.5) is 0 Å². The predicted octanol–water partition coefficient (Wildman–Crippen LogP) is 6.59. The first-order valence-electron chi connectivity index (χ1n) is 8.58. The highest BCUT2D eigenvalue weighted by molar-refractivity contribution is 9.10. The van der Waals surface area contributed by atoms with E-state index in [1.807, 2.05) is 42.5 Å². The molecule has 3 aromatic carbocycles. The van der Waals surface area contributed by atoms with E-state index in [1.165, 1.54) is 0 Å². The van der Waals surface area contributed by atoms with Crippen molar-refractivity contribution in [3.8, 4) is 11.5 Å². The van der Waals surface area contributed by atoms with E-state index in [-0.39, 0.29) is 5.78 Å². The van der Waals surface area contributed by atoms with Crippen LogP contribution in [0.5, 0.6) is 11.5 Å². The summed E-state index contributed by atoms with van der Waals surface area (Å²) in [6, 6.07) is 20.2. The SMILES string of the molecule is COc1ccc(/C=C/C(=O)c2ccc(Br)cc2)cc1COc1ccc(Cl)cc1. The van der Waals surface area contributed by atoms with Crippen LogP contribution in [0.25, 0.3) is 6.08 Å². The molecule has 0 amide bonds. The summed E-state index contributed by atoms with van der Waals surface area (Å²) in [5.74, 6) is 1.39. The smallest absolute Gasteiger partial charge is 0.185 e. The Morgan fingerprint density at radius 2 is 1.75 bits per heavy atom. The van der Waals surface area contributed by atoms with Gasteiger partial charge in [0.25, 0.3) is 0 Å². The summed E-state index contributed by atoms with van der Waals surface area (Å²) in [6.45, 7) is 0.340. The van der Waals surface area contributed by atoms with E-state index >= 15 is 0 Å². The molecule has 3 rings (SSSR count). The Balaban J connectivity index is 1.73. The maximum absolute atomic E-state index is 12.3. The second kappa shape index (κ2) is 9.58. The lowest BCUT2D eigenvalue weighted by atomic mass is 10.1. The standard InChI is InChI=1S/C23H18BrClO3/c1-27-23-13-3-16(2-12-22(26)17-4-6-19(24)7-5-17)14-18(23)15-28-21-10-8-20(25)9-11-21/h2-14H,15H2,1H3/b12-2+. The summed E-state index contributed by atoms with van der Waals surface area (Å²) >= 11 is 9.26. The molecule has 0 bridgehead atoms. The van der Waals surface area contributed by atoms with Gasteiger partial charge in [0.1, 0.15) is 18.1 Å². The molecule has 5 heteroatoms. The molecule has 0 saturated heterocycles. The van der Waals surface area contributed by atoms with Crippen molar-refractivity contribution in [3.63, 3.8) is 0 Å². The van der Waals surface area contributed by atoms with E-state index in [9.17, 15) is 4.79 Å². The summed E-state index contributed by atoms with van der Waals surface area (Å²) in [5.41, 5.74) is 2.41. The first kappa shape index (κ1) is 20.2. The maximum Gasteiger partial charge on any atom is 0.185 e. The van der Waals surface area contributed by atoms with Crippen molar-refractivity contribution < 1.29 is 14.3 Å². The number of hydrogen-bond acceptors (Lipinski definition) is 3. The molecule has 0 saturated carbocycles. The fourth-order valence-corrected chi connectivity index (χ4v) is 2.98. The van der Waals surface area contributed by atoms with Crippen LogP contribution in [0, 0.1) is 0 Å². The highest BCUT2D eigenvalue weighted by Gasteiger charge is 2.06. The third-order valence-electron chi connectivity index (χ3n) is 4.07. The Bertz CT molecular complexity index is 980. The minimum absolute atomic E-state index is 0.0534. The molecule has 0 heterocycles. The molecule has 0 aromatic heterocycles. The zero-order chi connectivity index (χ0) is 19.9. The van der Waals surface area contributed by atoms with Gasteiger partial charge >= 0.3 is 0 Å². The zero-order valence-corrected chi connectivity index (χ0v) is 17.5. The van der Waals surface area contributed by atoms with Gasteiger partial charge in [0.05, 0.1) is 7.11 Å². The van der Waals surface area contributed by atoms with Crippen molar-refractivity contribution in [1.29, 1.82) is 0 Å². The molecule has 3 nitrogen and oxygen atoms in total. The number of methoxy groups -OCH3 is 1. The van der Waals surface area contributed by atoms with E-state index in [2.05, 4.69) is 15.9 Å². The van der Waals surface area contributed by atoms with Gasteiger partial charge in [-0.15, -0.1) is 0 Å². The number of allylic oxidation sites excluding steroid dienone is 1. The number of benzene rings is 3. The summed E-state index contributed by atoms with van der Waals surface area (Å²) in [7, 11) is 1.62. The molecule has 0 fully saturated rings. The fraction of sp³-hybridized carbons (Fsp3) is 0.0870. The third kappa shape index (κ3) is 5.47. The topological polar surface area (TPSA) is 35.5 Å². The van der Waals surface area contributed by atoms with E-state index in [1.54, 1.807) is 43.5 Å². The van der Waals surface area contributed by atoms with Gasteiger partial charge in [-0.2, -0.15) is 0 Å². The molecule has 0 atom stereocenters. The van der Waals surface area contributed by atoms with Crippen LogP contribution >= 0.6 is 27.5 Å². The molecular formula is C23H18BrClO3. The lowest BCUT2D eigenvalue weighted by Gasteiger charge is -2.11. The number of carbonyl (C=O) groups excluding carboxylic acids is 1. The van der Waals surface area contributed by atoms with Crippen LogP contribution in [0.3, 0.4) is 0 Å². The van der Waals surface area contributed by atoms with Crippen LogP contribution in [0.2, 0.25) is 5.02 Å². The Morgan fingerprint density at radius 3 is 2.43 bits per heavy atom. The van der Waals surface area contributed by atoms with Gasteiger partial charge in [-0.25, -0.2) is 0 Å². The third-order valence-corrected chi connectivity index (χ3v) is 4.85. The van der Waals surface area contributed by atoms with Gasteiger partial charge in [0.15, 0.2) is 5.78 Å². The normalized spacial score (nSPS) is 10.8. The van der Waals surface area contributed by atoms with Crippen LogP contribution in [-0.4, -0.2) is 12.9 Å². The van der Waals surface area contributed by atoms with Crippen molar-refractivity contribution in [2.45, 2.75) is 6.61 Å². The Morgan fingerprint density at radius 1 is 1.04 bits per heavy atom. The summed E-state index contributed by atoms with van der Waals surface area (Å²) in [5, 5.41) is 0.660. The lowest BCUT2D eigenvalue weighted by Crippen LogP contribution is -1.99. The molecule has 3 aromatic rings. The maximum atomic E-state index is 12.3. The van der Waals surface area contributed by atoms with Crippen LogP contribution in [0.1, 0.15) is 21.5 Å². The van der Waals surface area contributed by atoms with Crippen LogP contribution in [-0.2, 0) is 6.61 Å². The molecule has 0 N–H and O–H groups in total. The van der Waals surface area contributed by atoms with E-state index in [0.717, 1.165) is 27.1 Å². The van der Waals surface area contributed by atoms with Gasteiger partial charge in [0.2, 0.25) is 0 Å². The van der Waals surface area contributed by atoms with Crippen LogP contribution in [0.15, 0.2) is 77.3 Å². The zero-order valence-electron chi connectivity index (χ0n) is 15.2. The first-order valence-corrected chi connectivity index (χ1v) is 9.75. The summed E-state index contributed by atoms with van der Waals surface area (Å²) in [6.07, 6.45) is 3.35. The van der Waals surface area contributed by atoms with Crippen molar-refractivity contribution in [2.75, 3.05) is 7.11 Å². The largest absolute Gasteiger partial charge is 0.496 e. The van der Waals surface area contributed by atoms with Crippen molar-refractivity contribution >= 4 is 39.4 Å². The minimum Gasteiger partial charge on any atom is -0.496 e. The Hall–Kier alpha value is -2.56. The molecule has 0 aliphatic carbocycles. The van der Waals surface area contributed by atoms with E-state index < -0.39 is 0 Å². The number of halogens is 2. The number of rotatable bonds is 7. The van der Waals surface area contributed by atoms with Gasteiger partial charge < -0.3 is 9.47 Å². The van der Waals surface area contributed by atoms with Crippen LogP contribution < -0.4 is 9.47 Å². The molecular weight excluding hydrogens is 440 g/mol. The monoisotopic (exact) mass is 456 g/mol. The summed E-state index contributed by atoms with van der Waals surface area (Å²) in [4.78, 5) is 12.3. The van der Waals surface area contributed by atoms with Crippen molar-refractivity contribution in [3.05, 3.63) is 99.0 Å². The first-order chi connectivity index (χ1) is 13.5. The van der Waals surface area contributed by atoms with E-state index in [0.29, 0.717) is 17.2 Å². The lowest BCUT2D eigenvalue weighted by molar-refractivity contribution is 0.104. The van der Waals surface area contributed by atoms with Gasteiger partial charge in [-0.3, -0.25) is 4.79 Å².